The largest absolute Gasteiger partial charge is 0.573 e. The monoisotopic (exact) mass is 537 g/mol. The number of hydrogen-bond acceptors (Lipinski definition) is 6. The van der Waals surface area contributed by atoms with E-state index in [0.717, 1.165) is 19.5 Å². The van der Waals surface area contributed by atoms with Gasteiger partial charge in [-0.3, -0.25) is 9.69 Å². The third kappa shape index (κ3) is 6.97. The first kappa shape index (κ1) is 27.7. The lowest BCUT2D eigenvalue weighted by Crippen LogP contribution is -2.43. The Hall–Kier alpha value is -3.28. The maximum Gasteiger partial charge on any atom is 0.573 e. The molecule has 0 N–H and O–H groups in total. The zero-order chi connectivity index (χ0) is 27.6. The molecule has 1 saturated carbocycles. The minimum Gasteiger partial charge on any atom is -0.406 e. The van der Waals surface area contributed by atoms with Crippen LogP contribution in [0.15, 0.2) is 36.8 Å². The summed E-state index contributed by atoms with van der Waals surface area (Å²) in [6, 6.07) is 5.76. The number of piperidine rings is 1. The zero-order valence-corrected chi connectivity index (χ0v) is 22.0. The molecule has 1 aromatic carbocycles. The highest BCUT2D eigenvalue weighted by Crippen LogP contribution is 2.52. The highest BCUT2D eigenvalue weighted by molar-refractivity contribution is 5.78. The number of aromatic nitrogens is 2. The minimum atomic E-state index is -4.81. The fourth-order valence-corrected chi connectivity index (χ4v) is 5.07. The summed E-state index contributed by atoms with van der Waals surface area (Å²) in [5.74, 6) is 0.809. The maximum absolute atomic E-state index is 13.1. The van der Waals surface area contributed by atoms with E-state index >= 15 is 0 Å². The maximum atomic E-state index is 13.1. The lowest BCUT2D eigenvalue weighted by Gasteiger charge is -2.28. The van der Waals surface area contributed by atoms with Crippen LogP contribution in [0.25, 0.3) is 0 Å². The number of alkyl halides is 3. The summed E-state index contributed by atoms with van der Waals surface area (Å²) in [5, 5.41) is 0. The molecule has 3 unspecified atom stereocenters. The number of aryl methyl sites for hydroxylation is 1. The summed E-state index contributed by atoms with van der Waals surface area (Å²) in [6.07, 6.45) is -1.47. The van der Waals surface area contributed by atoms with Crippen LogP contribution in [0.3, 0.4) is 0 Å². The van der Waals surface area contributed by atoms with Gasteiger partial charge in [-0.2, -0.15) is 0 Å². The Balaban J connectivity index is 1.39. The van der Waals surface area contributed by atoms with Crippen LogP contribution in [0.4, 0.5) is 18.0 Å². The molecule has 1 saturated heterocycles. The van der Waals surface area contributed by atoms with Crippen molar-refractivity contribution in [3.05, 3.63) is 42.4 Å². The molecule has 0 radical (unpaired) electrons. The third-order valence-electron chi connectivity index (χ3n) is 7.52. The molecule has 38 heavy (non-hydrogen) atoms. The Bertz CT molecular complexity index is 1130. The molecule has 1 aliphatic heterocycles. The zero-order valence-electron chi connectivity index (χ0n) is 22.0. The second-order valence-corrected chi connectivity index (χ2v) is 10.3. The van der Waals surface area contributed by atoms with Crippen molar-refractivity contribution in [1.82, 2.24) is 24.3 Å². The lowest BCUT2D eigenvalue weighted by molar-refractivity contribution is -0.274. The van der Waals surface area contributed by atoms with Crippen molar-refractivity contribution in [2.75, 3.05) is 33.2 Å². The molecule has 1 aromatic heterocycles. The van der Waals surface area contributed by atoms with Crippen molar-refractivity contribution >= 4 is 12.0 Å². The Morgan fingerprint density at radius 2 is 1.95 bits per heavy atom. The van der Waals surface area contributed by atoms with Crippen molar-refractivity contribution in [2.45, 2.75) is 39.2 Å². The normalized spacial score (nSPS) is 21.5. The number of amides is 2. The number of halogens is 3. The average molecular weight is 538 g/mol. The molecule has 2 fully saturated rings. The molecule has 12 heteroatoms. The number of carbonyl (C=O) groups excluding carboxylic acids is 2. The topological polar surface area (TPSA) is 80.1 Å². The number of fused-ring (bicyclic) bond motifs is 1. The quantitative estimate of drug-likeness (QED) is 0.459. The fourth-order valence-electron chi connectivity index (χ4n) is 5.07. The van der Waals surface area contributed by atoms with E-state index in [0.29, 0.717) is 30.5 Å². The number of ether oxygens (including phenoxy) is 2. The van der Waals surface area contributed by atoms with E-state index in [1.807, 2.05) is 20.9 Å². The van der Waals surface area contributed by atoms with Gasteiger partial charge in [-0.1, -0.05) is 19.1 Å². The van der Waals surface area contributed by atoms with Gasteiger partial charge in [0.2, 0.25) is 11.8 Å². The van der Waals surface area contributed by atoms with Crippen LogP contribution in [0, 0.1) is 17.8 Å². The Kier molecular flexibility index (Phi) is 8.19. The molecule has 208 valence electrons. The molecular weight excluding hydrogens is 503 g/mol. The first-order valence-corrected chi connectivity index (χ1v) is 12.7. The molecule has 2 heterocycles. The van der Waals surface area contributed by atoms with E-state index in [1.54, 1.807) is 28.8 Å². The van der Waals surface area contributed by atoms with Gasteiger partial charge in [-0.05, 0) is 48.8 Å². The second kappa shape index (κ2) is 11.2. The van der Waals surface area contributed by atoms with Crippen molar-refractivity contribution in [3.63, 3.8) is 0 Å². The predicted molar refractivity (Wildman–Crippen MR) is 132 cm³/mol. The lowest BCUT2D eigenvalue weighted by atomic mass is 10.2. The summed E-state index contributed by atoms with van der Waals surface area (Å²) in [5.41, 5.74) is 0.482. The standard InChI is InChI=1S/C26H34F3N5O4/c1-5-17(2)32(4)24(35)15-33-11-20-21(12-33)22(20)13-34(25(36)37-23-14-31(3)16-30-23)10-18-7-6-8-19(9-18)38-26(27,28)29/h6-9,14,16-17,20-22H,5,10-13,15H2,1-4H3. The van der Waals surface area contributed by atoms with Crippen LogP contribution in [-0.4, -0.2) is 81.9 Å². The first-order chi connectivity index (χ1) is 17.9. The molecule has 9 nitrogen and oxygen atoms in total. The van der Waals surface area contributed by atoms with E-state index in [9.17, 15) is 22.8 Å². The Morgan fingerprint density at radius 1 is 1.24 bits per heavy atom. The van der Waals surface area contributed by atoms with Crippen molar-refractivity contribution in [1.29, 1.82) is 0 Å². The Morgan fingerprint density at radius 3 is 2.55 bits per heavy atom. The van der Waals surface area contributed by atoms with E-state index in [-0.39, 0.29) is 36.0 Å². The highest BCUT2D eigenvalue weighted by atomic mass is 19.4. The van der Waals surface area contributed by atoms with Gasteiger partial charge in [0.05, 0.1) is 19.1 Å². The summed E-state index contributed by atoms with van der Waals surface area (Å²) >= 11 is 0. The molecule has 2 aromatic rings. The molecule has 2 aliphatic rings. The van der Waals surface area contributed by atoms with Crippen LogP contribution in [0.5, 0.6) is 11.6 Å². The van der Waals surface area contributed by atoms with Gasteiger partial charge >= 0.3 is 12.5 Å². The van der Waals surface area contributed by atoms with Crippen LogP contribution in [-0.2, 0) is 18.4 Å². The van der Waals surface area contributed by atoms with Crippen molar-refractivity contribution in [3.8, 4) is 11.6 Å². The van der Waals surface area contributed by atoms with E-state index in [4.69, 9.17) is 4.74 Å². The van der Waals surface area contributed by atoms with Crippen LogP contribution in [0.1, 0.15) is 25.8 Å². The number of hydrogen-bond donors (Lipinski definition) is 0. The molecule has 4 rings (SSSR count). The van der Waals surface area contributed by atoms with Crippen LogP contribution >= 0.6 is 0 Å². The van der Waals surface area contributed by atoms with E-state index in [1.165, 1.54) is 29.4 Å². The molecule has 3 atom stereocenters. The number of nitrogens with zero attached hydrogens (tertiary/aromatic N) is 5. The van der Waals surface area contributed by atoms with Crippen LogP contribution < -0.4 is 9.47 Å². The fraction of sp³-hybridized carbons (Fsp3) is 0.577. The second-order valence-electron chi connectivity index (χ2n) is 10.3. The smallest absolute Gasteiger partial charge is 0.406 e. The summed E-state index contributed by atoms with van der Waals surface area (Å²) in [6.45, 7) is 6.44. The van der Waals surface area contributed by atoms with Gasteiger partial charge in [-0.25, -0.2) is 9.78 Å². The minimum absolute atomic E-state index is 0.0541. The van der Waals surface area contributed by atoms with Gasteiger partial charge in [0.15, 0.2) is 0 Å². The molecule has 1 aliphatic carbocycles. The van der Waals surface area contributed by atoms with Gasteiger partial charge in [0.1, 0.15) is 5.75 Å². The number of likely N-dealkylation sites (tertiary alicyclic amines) is 1. The number of likely N-dealkylation sites (N-methyl/N-ethyl adjacent to an activating group) is 1. The van der Waals surface area contributed by atoms with E-state index < -0.39 is 12.5 Å². The van der Waals surface area contributed by atoms with Crippen molar-refractivity contribution < 1.29 is 32.2 Å². The van der Waals surface area contributed by atoms with Crippen molar-refractivity contribution in [2.24, 2.45) is 24.8 Å². The third-order valence-corrected chi connectivity index (χ3v) is 7.52. The number of imidazole rings is 1. The molecule has 0 spiro atoms. The first-order valence-electron chi connectivity index (χ1n) is 12.7. The number of carbonyl (C=O) groups is 2. The summed E-state index contributed by atoms with van der Waals surface area (Å²) in [4.78, 5) is 35.1. The number of rotatable bonds is 10. The molecule has 2 amide bonds. The average Bonchev–Trinajstić information content (AvgIpc) is 3.14. The molecule has 0 bridgehead atoms. The van der Waals surface area contributed by atoms with Gasteiger partial charge in [0, 0.05) is 46.3 Å². The van der Waals surface area contributed by atoms with Crippen LogP contribution in [0.2, 0.25) is 0 Å². The predicted octanol–water partition coefficient (Wildman–Crippen LogP) is 3.75. The SMILES string of the molecule is CCC(C)N(C)C(=O)CN1CC2C(C1)C2CN(Cc1cccc(OC(F)(F)F)c1)C(=O)Oc1cn(C)cn1. The van der Waals surface area contributed by atoms with Gasteiger partial charge in [-0.15, -0.1) is 13.2 Å². The highest BCUT2D eigenvalue weighted by Gasteiger charge is 2.56. The summed E-state index contributed by atoms with van der Waals surface area (Å²) in [7, 11) is 3.58. The van der Waals surface area contributed by atoms with Gasteiger partial charge in [0.25, 0.3) is 0 Å². The van der Waals surface area contributed by atoms with Gasteiger partial charge < -0.3 is 23.8 Å². The summed E-state index contributed by atoms with van der Waals surface area (Å²) < 4.78 is 49.2. The Labute approximate surface area is 220 Å². The number of benzene rings is 1. The van der Waals surface area contributed by atoms with E-state index in [2.05, 4.69) is 14.6 Å². The molecular formula is C26H34F3N5O4.